The molecule has 0 aliphatic carbocycles. The van der Waals surface area contributed by atoms with E-state index < -0.39 is 0 Å². The lowest BCUT2D eigenvalue weighted by molar-refractivity contribution is 0.835. The second kappa shape index (κ2) is 8.23. The van der Waals surface area contributed by atoms with E-state index in [0.29, 0.717) is 6.54 Å². The number of aromatic nitrogens is 1. The molecular weight excluding hydrogens is 394 g/mol. The van der Waals surface area contributed by atoms with Crippen LogP contribution >= 0.6 is 27.3 Å². The molecule has 3 rings (SSSR count). The van der Waals surface area contributed by atoms with Crippen molar-refractivity contribution in [2.75, 3.05) is 6.54 Å². The third-order valence-electron chi connectivity index (χ3n) is 3.44. The van der Waals surface area contributed by atoms with Crippen molar-refractivity contribution in [2.24, 2.45) is 10.1 Å². The van der Waals surface area contributed by atoms with E-state index in [1.54, 1.807) is 11.3 Å². The molecule has 0 aliphatic rings. The fourth-order valence-corrected chi connectivity index (χ4v) is 3.56. The standard InChI is InChI=1S/C20H18BrN3S/c1-15(2)12-22-20-24(23-13-16-8-4-3-5-9-16)19(14-25-20)17-10-6-7-11-18(17)21/h3-11,13-14H,1,12H2,2H3. The summed E-state index contributed by atoms with van der Waals surface area (Å²) in [6.07, 6.45) is 1.85. The van der Waals surface area contributed by atoms with Gasteiger partial charge in [0.25, 0.3) is 0 Å². The molecular formula is C20H18BrN3S. The van der Waals surface area contributed by atoms with Crippen molar-refractivity contribution in [1.82, 2.24) is 4.68 Å². The molecule has 0 saturated heterocycles. The van der Waals surface area contributed by atoms with Crippen LogP contribution in [0.15, 0.2) is 86.7 Å². The molecule has 0 saturated carbocycles. The van der Waals surface area contributed by atoms with Crippen molar-refractivity contribution in [2.45, 2.75) is 6.92 Å². The Morgan fingerprint density at radius 3 is 2.60 bits per heavy atom. The van der Waals surface area contributed by atoms with Gasteiger partial charge in [-0.3, -0.25) is 4.99 Å². The fraction of sp³-hybridized carbons (Fsp3) is 0.100. The van der Waals surface area contributed by atoms with Gasteiger partial charge >= 0.3 is 0 Å². The summed E-state index contributed by atoms with van der Waals surface area (Å²) in [6, 6.07) is 18.2. The number of benzene rings is 2. The molecule has 0 radical (unpaired) electrons. The zero-order valence-corrected chi connectivity index (χ0v) is 16.3. The lowest BCUT2D eigenvalue weighted by atomic mass is 10.2. The van der Waals surface area contributed by atoms with Gasteiger partial charge in [0.15, 0.2) is 0 Å². The van der Waals surface area contributed by atoms with Crippen molar-refractivity contribution in [3.63, 3.8) is 0 Å². The van der Waals surface area contributed by atoms with Gasteiger partial charge in [-0.15, -0.1) is 11.3 Å². The normalized spacial score (nSPS) is 12.0. The SMILES string of the molecule is C=C(C)CN=c1scc(-c2ccccc2Br)n1N=Cc1ccccc1. The fourth-order valence-electron chi connectivity index (χ4n) is 2.24. The second-order valence-electron chi connectivity index (χ2n) is 5.62. The molecule has 0 fully saturated rings. The van der Waals surface area contributed by atoms with E-state index in [0.717, 1.165) is 31.7 Å². The molecule has 0 N–H and O–H groups in total. The van der Waals surface area contributed by atoms with Crippen LogP contribution in [0.5, 0.6) is 0 Å². The largest absolute Gasteiger partial charge is 0.253 e. The van der Waals surface area contributed by atoms with Gasteiger partial charge in [0, 0.05) is 15.4 Å². The van der Waals surface area contributed by atoms with Gasteiger partial charge in [-0.1, -0.05) is 76.6 Å². The summed E-state index contributed by atoms with van der Waals surface area (Å²) in [5.41, 5.74) is 4.16. The molecule has 0 spiro atoms. The third-order valence-corrected chi connectivity index (χ3v) is 4.99. The highest BCUT2D eigenvalue weighted by Gasteiger charge is 2.10. The number of hydrogen-bond acceptors (Lipinski definition) is 3. The maximum atomic E-state index is 4.69. The van der Waals surface area contributed by atoms with Crippen molar-refractivity contribution < 1.29 is 0 Å². The van der Waals surface area contributed by atoms with E-state index in [9.17, 15) is 0 Å². The number of thiazole rings is 1. The van der Waals surface area contributed by atoms with Crippen molar-refractivity contribution in [1.29, 1.82) is 0 Å². The minimum atomic E-state index is 0.594. The molecule has 3 nitrogen and oxygen atoms in total. The van der Waals surface area contributed by atoms with E-state index in [-0.39, 0.29) is 0 Å². The number of hydrogen-bond donors (Lipinski definition) is 0. The molecule has 0 atom stereocenters. The lowest BCUT2D eigenvalue weighted by Crippen LogP contribution is -2.13. The summed E-state index contributed by atoms with van der Waals surface area (Å²) in [5.74, 6) is 0. The summed E-state index contributed by atoms with van der Waals surface area (Å²) < 4.78 is 2.92. The van der Waals surface area contributed by atoms with Crippen LogP contribution in [0.1, 0.15) is 12.5 Å². The van der Waals surface area contributed by atoms with Gasteiger partial charge in [0.05, 0.1) is 18.5 Å². The van der Waals surface area contributed by atoms with Crippen molar-refractivity contribution >= 4 is 33.5 Å². The topological polar surface area (TPSA) is 29.6 Å². The first-order valence-electron chi connectivity index (χ1n) is 7.85. The third kappa shape index (κ3) is 4.44. The first-order chi connectivity index (χ1) is 12.1. The molecule has 126 valence electrons. The Labute approximate surface area is 159 Å². The van der Waals surface area contributed by atoms with Crippen LogP contribution in [0.4, 0.5) is 0 Å². The molecule has 0 unspecified atom stereocenters. The highest BCUT2D eigenvalue weighted by atomic mass is 79.9. The molecule has 5 heteroatoms. The molecule has 3 aromatic rings. The summed E-state index contributed by atoms with van der Waals surface area (Å²) in [4.78, 5) is 5.49. The maximum absolute atomic E-state index is 4.69. The highest BCUT2D eigenvalue weighted by Crippen LogP contribution is 2.28. The number of halogens is 1. The van der Waals surface area contributed by atoms with Crippen LogP contribution in [0.2, 0.25) is 0 Å². The van der Waals surface area contributed by atoms with Crippen LogP contribution in [-0.4, -0.2) is 17.4 Å². The maximum Gasteiger partial charge on any atom is 0.206 e. The van der Waals surface area contributed by atoms with Crippen LogP contribution in [0, 0.1) is 0 Å². The number of rotatable bonds is 5. The predicted molar refractivity (Wildman–Crippen MR) is 110 cm³/mol. The van der Waals surface area contributed by atoms with Crippen molar-refractivity contribution in [3.8, 4) is 11.3 Å². The molecule has 0 bridgehead atoms. The Hall–Kier alpha value is -2.24. The molecule has 1 heterocycles. The van der Waals surface area contributed by atoms with E-state index in [4.69, 9.17) is 0 Å². The summed E-state index contributed by atoms with van der Waals surface area (Å²) in [5, 5.41) is 6.77. The molecule has 0 aliphatic heterocycles. The van der Waals surface area contributed by atoms with Gasteiger partial charge in [-0.25, -0.2) is 4.68 Å². The van der Waals surface area contributed by atoms with Crippen LogP contribution in [0.3, 0.4) is 0 Å². The van der Waals surface area contributed by atoms with E-state index in [1.807, 2.05) is 66.3 Å². The van der Waals surface area contributed by atoms with E-state index >= 15 is 0 Å². The highest BCUT2D eigenvalue weighted by molar-refractivity contribution is 9.10. The second-order valence-corrected chi connectivity index (χ2v) is 7.31. The van der Waals surface area contributed by atoms with Crippen LogP contribution in [-0.2, 0) is 0 Å². The first-order valence-corrected chi connectivity index (χ1v) is 9.52. The Morgan fingerprint density at radius 1 is 1.16 bits per heavy atom. The zero-order chi connectivity index (χ0) is 17.6. The lowest BCUT2D eigenvalue weighted by Gasteiger charge is -2.05. The summed E-state index contributed by atoms with van der Waals surface area (Å²) in [6.45, 7) is 6.50. The Balaban J connectivity index is 2.10. The summed E-state index contributed by atoms with van der Waals surface area (Å²) in [7, 11) is 0. The van der Waals surface area contributed by atoms with Crippen molar-refractivity contribution in [3.05, 3.63) is 87.0 Å². The Morgan fingerprint density at radius 2 is 1.88 bits per heavy atom. The minimum Gasteiger partial charge on any atom is -0.253 e. The smallest absolute Gasteiger partial charge is 0.206 e. The zero-order valence-electron chi connectivity index (χ0n) is 13.9. The minimum absolute atomic E-state index is 0.594. The summed E-state index contributed by atoms with van der Waals surface area (Å²) >= 11 is 5.21. The average molecular weight is 412 g/mol. The molecule has 1 aromatic heterocycles. The van der Waals surface area contributed by atoms with Crippen LogP contribution in [0.25, 0.3) is 11.3 Å². The van der Waals surface area contributed by atoms with Gasteiger partial charge < -0.3 is 0 Å². The van der Waals surface area contributed by atoms with Gasteiger partial charge in [-0.2, -0.15) is 5.10 Å². The monoisotopic (exact) mass is 411 g/mol. The first kappa shape index (κ1) is 17.6. The van der Waals surface area contributed by atoms with Gasteiger partial charge in [0.2, 0.25) is 4.80 Å². The molecule has 25 heavy (non-hydrogen) atoms. The van der Waals surface area contributed by atoms with Gasteiger partial charge in [0.1, 0.15) is 0 Å². The Bertz CT molecular complexity index is 968. The van der Waals surface area contributed by atoms with E-state index in [2.05, 4.69) is 44.0 Å². The molecule has 2 aromatic carbocycles. The van der Waals surface area contributed by atoms with Crippen LogP contribution < -0.4 is 4.80 Å². The van der Waals surface area contributed by atoms with E-state index in [1.165, 1.54) is 0 Å². The Kier molecular flexibility index (Phi) is 5.79. The quantitative estimate of drug-likeness (QED) is 0.400. The predicted octanol–water partition coefficient (Wildman–Crippen LogP) is 5.34. The molecule has 0 amide bonds. The average Bonchev–Trinajstić information content (AvgIpc) is 3.02. The number of nitrogens with zero attached hydrogens (tertiary/aromatic N) is 3. The van der Waals surface area contributed by atoms with Gasteiger partial charge in [-0.05, 0) is 18.6 Å².